The Morgan fingerprint density at radius 3 is 2.58 bits per heavy atom. The topological polar surface area (TPSA) is 55.8 Å². The van der Waals surface area contributed by atoms with Crippen LogP contribution in [0.15, 0.2) is 144 Å². The van der Waals surface area contributed by atoms with Crippen molar-refractivity contribution >= 4 is 28.2 Å². The van der Waals surface area contributed by atoms with Crippen molar-refractivity contribution in [3.8, 4) is 17.8 Å². The van der Waals surface area contributed by atoms with Crippen LogP contribution in [0.5, 0.6) is 0 Å². The molecule has 5 aliphatic rings. The van der Waals surface area contributed by atoms with E-state index in [1.54, 1.807) is 0 Å². The van der Waals surface area contributed by atoms with Gasteiger partial charge < -0.3 is 9.47 Å². The Bertz CT molecular complexity index is 2290. The SMILES string of the molecule is N#Cc1cccc(-n2c3c(c4cccc(C5=CC(C6C=CC=C7C8=C(CCC=C8)N(c8ccccc8)C76)CC=C5)c42)CC(C#N)C=C3)c1. The van der Waals surface area contributed by atoms with Gasteiger partial charge in [0, 0.05) is 39.6 Å². The molecule has 4 atom stereocenters. The molecule has 4 nitrogen and oxygen atoms in total. The molecule has 2 heterocycles. The fourth-order valence-electron chi connectivity index (χ4n) is 8.64. The third-order valence-electron chi connectivity index (χ3n) is 10.7. The van der Waals surface area contributed by atoms with Gasteiger partial charge in [-0.15, -0.1) is 0 Å². The molecule has 0 N–H and O–H groups in total. The maximum Gasteiger partial charge on any atom is 0.0992 e. The van der Waals surface area contributed by atoms with Gasteiger partial charge in [0.25, 0.3) is 0 Å². The van der Waals surface area contributed by atoms with Crippen LogP contribution >= 0.6 is 0 Å². The fourth-order valence-corrected chi connectivity index (χ4v) is 8.64. The van der Waals surface area contributed by atoms with E-state index in [1.165, 1.54) is 44.6 Å². The van der Waals surface area contributed by atoms with E-state index < -0.39 is 0 Å². The van der Waals surface area contributed by atoms with Gasteiger partial charge in [-0.3, -0.25) is 0 Å². The third kappa shape index (κ3) is 4.41. The summed E-state index contributed by atoms with van der Waals surface area (Å²) in [6.45, 7) is 0. The number of anilines is 1. The lowest BCUT2D eigenvalue weighted by Gasteiger charge is -2.39. The van der Waals surface area contributed by atoms with Crippen LogP contribution in [-0.4, -0.2) is 10.6 Å². The molecular weight excluding hydrogens is 585 g/mol. The van der Waals surface area contributed by atoms with E-state index in [0.29, 0.717) is 23.8 Å². The second-order valence-electron chi connectivity index (χ2n) is 13.3. The Balaban J connectivity index is 1.18. The van der Waals surface area contributed by atoms with Gasteiger partial charge in [-0.2, -0.15) is 10.5 Å². The van der Waals surface area contributed by atoms with Crippen molar-refractivity contribution in [2.45, 2.75) is 31.7 Å². The molecule has 0 bridgehead atoms. The number of benzene rings is 3. The molecule has 0 radical (unpaired) electrons. The minimum Gasteiger partial charge on any atom is -0.336 e. The number of hydrogen-bond acceptors (Lipinski definition) is 3. The molecule has 0 spiro atoms. The number of aromatic nitrogens is 1. The van der Waals surface area contributed by atoms with Gasteiger partial charge in [0.2, 0.25) is 0 Å². The second kappa shape index (κ2) is 11.4. The summed E-state index contributed by atoms with van der Waals surface area (Å²) in [6, 6.07) is 30.4. The van der Waals surface area contributed by atoms with Crippen molar-refractivity contribution in [3.63, 3.8) is 0 Å². The van der Waals surface area contributed by atoms with Crippen molar-refractivity contribution in [1.82, 2.24) is 4.57 Å². The summed E-state index contributed by atoms with van der Waals surface area (Å²) in [6.07, 6.45) is 26.8. The first kappa shape index (κ1) is 28.4. The third-order valence-corrected chi connectivity index (χ3v) is 10.7. The minimum atomic E-state index is -0.155. The minimum absolute atomic E-state index is 0.155. The lowest BCUT2D eigenvalue weighted by Crippen LogP contribution is -2.40. The van der Waals surface area contributed by atoms with E-state index in [9.17, 15) is 10.5 Å². The lowest BCUT2D eigenvalue weighted by molar-refractivity contribution is 0.423. The first-order chi connectivity index (χ1) is 23.7. The van der Waals surface area contributed by atoms with Crippen molar-refractivity contribution in [1.29, 1.82) is 10.5 Å². The van der Waals surface area contributed by atoms with Crippen LogP contribution in [0.2, 0.25) is 0 Å². The molecule has 1 aliphatic heterocycles. The number of nitriles is 2. The summed E-state index contributed by atoms with van der Waals surface area (Å²) in [5, 5.41) is 20.8. The summed E-state index contributed by atoms with van der Waals surface area (Å²) >= 11 is 0. The molecule has 1 aromatic heterocycles. The number of allylic oxidation sites excluding steroid dienone is 10. The zero-order chi connectivity index (χ0) is 32.2. The Hall–Kier alpha value is -5.84. The van der Waals surface area contributed by atoms with Crippen LogP contribution < -0.4 is 4.90 Å². The highest BCUT2D eigenvalue weighted by Gasteiger charge is 2.43. The molecule has 4 aromatic rings. The molecule has 4 heteroatoms. The van der Waals surface area contributed by atoms with Gasteiger partial charge in [-0.25, -0.2) is 0 Å². The van der Waals surface area contributed by atoms with E-state index in [2.05, 4.69) is 131 Å². The quantitative estimate of drug-likeness (QED) is 0.229. The zero-order valence-corrected chi connectivity index (χ0v) is 26.6. The molecule has 0 saturated carbocycles. The predicted octanol–water partition coefficient (Wildman–Crippen LogP) is 9.78. The van der Waals surface area contributed by atoms with Gasteiger partial charge in [-0.1, -0.05) is 97.1 Å². The maximum absolute atomic E-state index is 9.83. The monoisotopic (exact) mass is 618 g/mol. The van der Waals surface area contributed by atoms with Crippen molar-refractivity contribution in [3.05, 3.63) is 167 Å². The fraction of sp³-hybridized carbons (Fsp3) is 0.182. The van der Waals surface area contributed by atoms with E-state index in [4.69, 9.17) is 0 Å². The predicted molar refractivity (Wildman–Crippen MR) is 194 cm³/mol. The summed E-state index contributed by atoms with van der Waals surface area (Å²) < 4.78 is 2.31. The second-order valence-corrected chi connectivity index (χ2v) is 13.3. The smallest absolute Gasteiger partial charge is 0.0992 e. The van der Waals surface area contributed by atoms with E-state index >= 15 is 0 Å². The number of hydrogen-bond donors (Lipinski definition) is 0. The van der Waals surface area contributed by atoms with Crippen molar-refractivity contribution in [2.75, 3.05) is 4.90 Å². The highest BCUT2D eigenvalue weighted by atomic mass is 15.2. The summed E-state index contributed by atoms with van der Waals surface area (Å²) in [5.74, 6) is 0.456. The molecule has 4 aliphatic carbocycles. The van der Waals surface area contributed by atoms with Crippen molar-refractivity contribution in [2.24, 2.45) is 17.8 Å². The van der Waals surface area contributed by atoms with Crippen LogP contribution in [0.1, 0.15) is 41.6 Å². The average Bonchev–Trinajstić information content (AvgIpc) is 3.68. The van der Waals surface area contributed by atoms with E-state index in [1.807, 2.05) is 24.3 Å². The first-order valence-corrected chi connectivity index (χ1v) is 17.0. The van der Waals surface area contributed by atoms with Crippen LogP contribution in [0.4, 0.5) is 5.69 Å². The Labute approximate surface area is 281 Å². The molecule has 0 fully saturated rings. The van der Waals surface area contributed by atoms with E-state index in [0.717, 1.165) is 36.2 Å². The average molecular weight is 619 g/mol. The largest absolute Gasteiger partial charge is 0.336 e. The lowest BCUT2D eigenvalue weighted by atomic mass is 9.74. The summed E-state index contributed by atoms with van der Waals surface area (Å²) in [7, 11) is 0. The van der Waals surface area contributed by atoms with Gasteiger partial charge in [0.1, 0.15) is 0 Å². The van der Waals surface area contributed by atoms with E-state index in [-0.39, 0.29) is 12.0 Å². The number of nitrogens with zero attached hydrogens (tertiary/aromatic N) is 4. The maximum atomic E-state index is 9.83. The molecule has 9 rings (SSSR count). The van der Waals surface area contributed by atoms with Gasteiger partial charge in [0.05, 0.1) is 35.2 Å². The first-order valence-electron chi connectivity index (χ1n) is 17.0. The highest BCUT2D eigenvalue weighted by Crippen LogP contribution is 2.49. The van der Waals surface area contributed by atoms with Crippen molar-refractivity contribution < 1.29 is 0 Å². The standard InChI is InChI=1S/C44H34N4/c45-27-29-10-6-15-34(24-29)48-42-23-22-30(28-46)25-40(42)39-20-9-18-36(44(39)48)32-12-7-11-31(26-32)35-17-8-19-38-37-16-4-5-21-41(37)47(43(35)38)33-13-2-1-3-14-33/h1-4,6-10,12-20,22-24,26,30-31,35,43H,5,11,21,25H2. The molecular formula is C44H34N4. The molecule has 4 unspecified atom stereocenters. The normalized spacial score (nSPS) is 23.7. The number of rotatable bonds is 4. The number of para-hydroxylation sites is 2. The zero-order valence-electron chi connectivity index (χ0n) is 26.6. The molecule has 3 aromatic carbocycles. The summed E-state index contributed by atoms with van der Waals surface area (Å²) in [5.41, 5.74) is 12.9. The van der Waals surface area contributed by atoms with Crippen LogP contribution in [0.3, 0.4) is 0 Å². The van der Waals surface area contributed by atoms with Gasteiger partial charge in [-0.05, 0) is 90.3 Å². The number of fused-ring (bicyclic) bond motifs is 5. The summed E-state index contributed by atoms with van der Waals surface area (Å²) in [4.78, 5) is 2.63. The molecule has 0 amide bonds. The van der Waals surface area contributed by atoms with Gasteiger partial charge in [0.15, 0.2) is 0 Å². The van der Waals surface area contributed by atoms with Gasteiger partial charge >= 0.3 is 0 Å². The highest BCUT2D eigenvalue weighted by molar-refractivity contribution is 6.00. The molecule has 0 saturated heterocycles. The Morgan fingerprint density at radius 2 is 1.71 bits per heavy atom. The van der Waals surface area contributed by atoms with Crippen LogP contribution in [-0.2, 0) is 6.42 Å². The Kier molecular flexibility index (Phi) is 6.77. The van der Waals surface area contributed by atoms with Crippen LogP contribution in [0, 0.1) is 40.4 Å². The Morgan fingerprint density at radius 1 is 0.833 bits per heavy atom. The molecule has 230 valence electrons. The van der Waals surface area contributed by atoms with Crippen LogP contribution in [0.25, 0.3) is 28.2 Å². The molecule has 48 heavy (non-hydrogen) atoms.